The van der Waals surface area contributed by atoms with Gasteiger partial charge in [-0.25, -0.2) is 9.59 Å². The van der Waals surface area contributed by atoms with Crippen molar-refractivity contribution in [2.75, 3.05) is 13.1 Å². The van der Waals surface area contributed by atoms with Crippen molar-refractivity contribution < 1.29 is 27.9 Å². The second-order valence-corrected chi connectivity index (χ2v) is 3.79. The third-order valence-corrected chi connectivity index (χ3v) is 2.07. The molecular formula is C11H15F3N2O3. The summed E-state index contributed by atoms with van der Waals surface area (Å²) in [6.45, 7) is 0.0373. The van der Waals surface area contributed by atoms with Crippen molar-refractivity contribution in [2.24, 2.45) is 0 Å². The SMILES string of the molecule is C#CCC(NC(=O)N(CCC)CC(F)(F)F)C(=O)O. The molecule has 0 saturated heterocycles. The van der Waals surface area contributed by atoms with Crippen molar-refractivity contribution in [1.82, 2.24) is 10.2 Å². The van der Waals surface area contributed by atoms with Crippen LogP contribution in [0.5, 0.6) is 0 Å². The highest BCUT2D eigenvalue weighted by molar-refractivity contribution is 5.82. The molecule has 2 amide bonds. The van der Waals surface area contributed by atoms with Gasteiger partial charge in [-0.15, -0.1) is 12.3 Å². The number of carbonyl (C=O) groups is 2. The maximum atomic E-state index is 12.3. The molecule has 0 aliphatic rings. The number of halogens is 3. The van der Waals surface area contributed by atoms with Gasteiger partial charge in [0.2, 0.25) is 0 Å². The molecule has 1 unspecified atom stereocenters. The highest BCUT2D eigenvalue weighted by atomic mass is 19.4. The van der Waals surface area contributed by atoms with Gasteiger partial charge in [-0.05, 0) is 6.42 Å². The molecule has 0 aliphatic carbocycles. The number of rotatable bonds is 6. The first-order valence-corrected chi connectivity index (χ1v) is 5.49. The number of terminal acetylenes is 1. The number of urea groups is 1. The predicted molar refractivity (Wildman–Crippen MR) is 61.3 cm³/mol. The molecule has 0 aromatic heterocycles. The lowest BCUT2D eigenvalue weighted by Gasteiger charge is -2.25. The summed E-state index contributed by atoms with van der Waals surface area (Å²) < 4.78 is 36.8. The average Bonchev–Trinajstić information content (AvgIpc) is 2.25. The Morgan fingerprint density at radius 3 is 2.42 bits per heavy atom. The molecule has 19 heavy (non-hydrogen) atoms. The molecule has 0 aliphatic heterocycles. The van der Waals surface area contributed by atoms with E-state index in [2.05, 4.69) is 0 Å². The van der Waals surface area contributed by atoms with Crippen molar-refractivity contribution >= 4 is 12.0 Å². The number of carboxylic acids is 1. The molecule has 108 valence electrons. The molecule has 0 aromatic carbocycles. The lowest BCUT2D eigenvalue weighted by atomic mass is 10.2. The van der Waals surface area contributed by atoms with Crippen LogP contribution in [0, 0.1) is 12.3 Å². The largest absolute Gasteiger partial charge is 0.480 e. The third-order valence-electron chi connectivity index (χ3n) is 2.07. The van der Waals surface area contributed by atoms with Gasteiger partial charge in [0.1, 0.15) is 12.6 Å². The molecule has 0 fully saturated rings. The Morgan fingerprint density at radius 1 is 1.47 bits per heavy atom. The molecule has 0 bridgehead atoms. The van der Waals surface area contributed by atoms with Crippen LogP contribution in [0.15, 0.2) is 0 Å². The fourth-order valence-electron chi connectivity index (χ4n) is 1.30. The van der Waals surface area contributed by atoms with Gasteiger partial charge in [-0.3, -0.25) is 0 Å². The number of hydrogen-bond donors (Lipinski definition) is 2. The van der Waals surface area contributed by atoms with Crippen LogP contribution in [0.4, 0.5) is 18.0 Å². The maximum Gasteiger partial charge on any atom is 0.406 e. The van der Waals surface area contributed by atoms with E-state index in [4.69, 9.17) is 11.5 Å². The smallest absolute Gasteiger partial charge is 0.406 e. The topological polar surface area (TPSA) is 69.6 Å². The molecule has 0 radical (unpaired) electrons. The van der Waals surface area contributed by atoms with Crippen LogP contribution in [0.3, 0.4) is 0 Å². The first-order chi connectivity index (χ1) is 8.71. The minimum atomic E-state index is -4.54. The van der Waals surface area contributed by atoms with Crippen molar-refractivity contribution in [3.05, 3.63) is 0 Å². The highest BCUT2D eigenvalue weighted by Crippen LogP contribution is 2.16. The van der Waals surface area contributed by atoms with E-state index in [1.165, 1.54) is 0 Å². The lowest BCUT2D eigenvalue weighted by molar-refractivity contribution is -0.141. The Morgan fingerprint density at radius 2 is 2.05 bits per heavy atom. The van der Waals surface area contributed by atoms with Crippen molar-refractivity contribution in [3.63, 3.8) is 0 Å². The summed E-state index contributed by atoms with van der Waals surface area (Å²) in [5.74, 6) is 0.644. The summed E-state index contributed by atoms with van der Waals surface area (Å²) >= 11 is 0. The van der Waals surface area contributed by atoms with Gasteiger partial charge in [-0.1, -0.05) is 6.92 Å². The number of carboxylic acid groups (broad SMARTS) is 1. The van der Waals surface area contributed by atoms with Gasteiger partial charge in [0.25, 0.3) is 0 Å². The number of amides is 2. The molecule has 0 spiro atoms. The Kier molecular flexibility index (Phi) is 6.75. The molecule has 1 atom stereocenters. The first-order valence-electron chi connectivity index (χ1n) is 5.49. The van der Waals surface area contributed by atoms with Gasteiger partial charge in [-0.2, -0.15) is 13.2 Å². The zero-order chi connectivity index (χ0) is 15.1. The Labute approximate surface area is 108 Å². The van der Waals surface area contributed by atoms with E-state index in [9.17, 15) is 22.8 Å². The standard InChI is InChI=1S/C11H15F3N2O3/c1-3-5-8(9(17)18)15-10(19)16(6-4-2)7-11(12,13)14/h1,8H,4-7H2,2H3,(H,15,19)(H,17,18). The van der Waals surface area contributed by atoms with Crippen LogP contribution in [-0.2, 0) is 4.79 Å². The summed E-state index contributed by atoms with van der Waals surface area (Å²) in [5.41, 5.74) is 0. The summed E-state index contributed by atoms with van der Waals surface area (Å²) in [7, 11) is 0. The lowest BCUT2D eigenvalue weighted by Crippen LogP contribution is -2.50. The summed E-state index contributed by atoms with van der Waals surface area (Å²) in [5, 5.41) is 10.7. The van der Waals surface area contributed by atoms with E-state index >= 15 is 0 Å². The Balaban J connectivity index is 4.71. The summed E-state index contributed by atoms with van der Waals surface area (Å²) in [6, 6.07) is -2.49. The molecule has 0 aromatic rings. The summed E-state index contributed by atoms with van der Waals surface area (Å²) in [6.07, 6.45) is 0.394. The highest BCUT2D eigenvalue weighted by Gasteiger charge is 2.33. The van der Waals surface area contributed by atoms with Crippen LogP contribution in [0.2, 0.25) is 0 Å². The first kappa shape index (κ1) is 17.1. The predicted octanol–water partition coefficient (Wildman–Crippen LogP) is 1.45. The number of aliphatic carboxylic acids is 1. The second kappa shape index (κ2) is 7.51. The van der Waals surface area contributed by atoms with Crippen LogP contribution in [0.25, 0.3) is 0 Å². The number of nitrogens with zero attached hydrogens (tertiary/aromatic N) is 1. The molecule has 8 heteroatoms. The van der Waals surface area contributed by atoms with Gasteiger partial charge < -0.3 is 15.3 Å². The Bertz CT molecular complexity index is 363. The minimum Gasteiger partial charge on any atom is -0.480 e. The Hall–Kier alpha value is -1.91. The quantitative estimate of drug-likeness (QED) is 0.723. The number of nitrogens with one attached hydrogen (secondary N) is 1. The van der Waals surface area contributed by atoms with Gasteiger partial charge in [0.05, 0.1) is 0 Å². The fourth-order valence-corrected chi connectivity index (χ4v) is 1.30. The van der Waals surface area contributed by atoms with E-state index in [-0.39, 0.29) is 13.0 Å². The zero-order valence-corrected chi connectivity index (χ0v) is 10.3. The van der Waals surface area contributed by atoms with Gasteiger partial charge in [0.15, 0.2) is 0 Å². The van der Waals surface area contributed by atoms with Crippen LogP contribution in [0.1, 0.15) is 19.8 Å². The van der Waals surface area contributed by atoms with Crippen molar-refractivity contribution in [2.45, 2.75) is 32.0 Å². The zero-order valence-electron chi connectivity index (χ0n) is 10.3. The van der Waals surface area contributed by atoms with Gasteiger partial charge in [0, 0.05) is 13.0 Å². The molecule has 5 nitrogen and oxygen atoms in total. The molecular weight excluding hydrogens is 265 g/mol. The molecule has 2 N–H and O–H groups in total. The fraction of sp³-hybridized carbons (Fsp3) is 0.636. The average molecular weight is 280 g/mol. The summed E-state index contributed by atoms with van der Waals surface area (Å²) in [4.78, 5) is 22.8. The third kappa shape index (κ3) is 7.18. The van der Waals surface area contributed by atoms with E-state index in [0.717, 1.165) is 0 Å². The van der Waals surface area contributed by atoms with Crippen molar-refractivity contribution in [3.8, 4) is 12.3 Å². The number of alkyl halides is 3. The normalized spacial score (nSPS) is 12.4. The van der Waals surface area contributed by atoms with Crippen LogP contribution < -0.4 is 5.32 Å². The van der Waals surface area contributed by atoms with E-state index in [1.807, 2.05) is 11.2 Å². The number of carbonyl (C=O) groups excluding carboxylic acids is 1. The van der Waals surface area contributed by atoms with Crippen molar-refractivity contribution in [1.29, 1.82) is 0 Å². The van der Waals surface area contributed by atoms with Crippen LogP contribution in [-0.4, -0.2) is 47.3 Å². The second-order valence-electron chi connectivity index (χ2n) is 3.79. The monoisotopic (exact) mass is 280 g/mol. The van der Waals surface area contributed by atoms with E-state index in [0.29, 0.717) is 11.3 Å². The molecule has 0 heterocycles. The van der Waals surface area contributed by atoms with Crippen LogP contribution >= 0.6 is 0 Å². The van der Waals surface area contributed by atoms with E-state index < -0.39 is 30.8 Å². The number of hydrogen-bond acceptors (Lipinski definition) is 2. The molecule has 0 saturated carbocycles. The van der Waals surface area contributed by atoms with Gasteiger partial charge >= 0.3 is 18.2 Å². The minimum absolute atomic E-state index is 0.131. The van der Waals surface area contributed by atoms with E-state index in [1.54, 1.807) is 6.92 Å². The molecule has 0 rings (SSSR count). The maximum absolute atomic E-state index is 12.3.